The largest absolute Gasteiger partial charge is 0.486 e. The summed E-state index contributed by atoms with van der Waals surface area (Å²) in [5, 5.41) is 9.26. The third-order valence-electron chi connectivity index (χ3n) is 5.70. The maximum Gasteiger partial charge on any atom is 0.231 e. The monoisotopic (exact) mass is 410 g/mol. The number of hydrogen-bond donors (Lipinski definition) is 1. The van der Waals surface area contributed by atoms with Crippen molar-refractivity contribution in [2.45, 2.75) is 37.6 Å². The maximum atomic E-state index is 13.1. The number of thiophene rings is 1. The van der Waals surface area contributed by atoms with Crippen molar-refractivity contribution in [1.29, 1.82) is 0 Å². The second-order valence-electron chi connectivity index (χ2n) is 7.49. The lowest BCUT2D eigenvalue weighted by Gasteiger charge is -2.26. The minimum atomic E-state index is -0.392. The standard InChI is InChI=1S/C22H22N2O4S/c25-21(22(7-1-2-8-22)20-4-3-11-29-20)23-14-16-13-18(28-24-16)15-5-6-17-19(12-15)27-10-9-26-17/h3-6,11-13H,1-2,7-10,14H2,(H,23,25). The van der Waals surface area contributed by atoms with E-state index in [1.54, 1.807) is 11.3 Å². The van der Waals surface area contributed by atoms with Crippen LogP contribution in [0.5, 0.6) is 11.5 Å². The molecule has 3 heterocycles. The van der Waals surface area contributed by atoms with Gasteiger partial charge in [0, 0.05) is 16.5 Å². The fourth-order valence-corrected chi connectivity index (χ4v) is 5.17. The van der Waals surface area contributed by atoms with Crippen LogP contribution in [0, 0.1) is 0 Å². The number of nitrogens with one attached hydrogen (secondary N) is 1. The van der Waals surface area contributed by atoms with Gasteiger partial charge in [0.25, 0.3) is 0 Å². The lowest BCUT2D eigenvalue weighted by Crippen LogP contribution is -2.41. The summed E-state index contributed by atoms with van der Waals surface area (Å²) in [5.74, 6) is 2.17. The molecule has 0 unspecified atom stereocenters. The van der Waals surface area contributed by atoms with E-state index in [4.69, 9.17) is 14.0 Å². The quantitative estimate of drug-likeness (QED) is 0.679. The van der Waals surface area contributed by atoms with Crippen molar-refractivity contribution in [2.24, 2.45) is 0 Å². The molecule has 0 radical (unpaired) electrons. The first-order valence-electron chi connectivity index (χ1n) is 9.92. The van der Waals surface area contributed by atoms with Crippen LogP contribution in [0.15, 0.2) is 46.3 Å². The number of nitrogens with zero attached hydrogens (tertiary/aromatic N) is 1. The molecular weight excluding hydrogens is 388 g/mol. The van der Waals surface area contributed by atoms with E-state index in [2.05, 4.69) is 16.5 Å². The number of amides is 1. The molecule has 2 aliphatic rings. The highest BCUT2D eigenvalue weighted by Gasteiger charge is 2.43. The van der Waals surface area contributed by atoms with Gasteiger partial charge in [-0.05, 0) is 42.5 Å². The maximum absolute atomic E-state index is 13.1. The first-order chi connectivity index (χ1) is 14.2. The lowest BCUT2D eigenvalue weighted by molar-refractivity contribution is -0.126. The van der Waals surface area contributed by atoms with Gasteiger partial charge < -0.3 is 19.3 Å². The van der Waals surface area contributed by atoms with E-state index in [0.29, 0.717) is 37.0 Å². The number of aromatic nitrogens is 1. The summed E-state index contributed by atoms with van der Waals surface area (Å²) in [6.07, 6.45) is 3.98. The SMILES string of the molecule is O=C(NCc1cc(-c2ccc3c(c2)OCCO3)on1)C1(c2cccs2)CCCC1. The molecule has 2 aromatic heterocycles. The summed E-state index contributed by atoms with van der Waals surface area (Å²) in [7, 11) is 0. The lowest BCUT2D eigenvalue weighted by atomic mass is 9.83. The molecule has 1 aliphatic carbocycles. The van der Waals surface area contributed by atoms with Crippen LogP contribution in [0.4, 0.5) is 0 Å². The number of hydrogen-bond acceptors (Lipinski definition) is 6. The van der Waals surface area contributed by atoms with Gasteiger partial charge in [-0.2, -0.15) is 0 Å². The molecule has 0 saturated heterocycles. The van der Waals surface area contributed by atoms with E-state index in [0.717, 1.165) is 41.9 Å². The van der Waals surface area contributed by atoms with Crippen LogP contribution in [0.25, 0.3) is 11.3 Å². The third-order valence-corrected chi connectivity index (χ3v) is 6.77. The van der Waals surface area contributed by atoms with E-state index in [-0.39, 0.29) is 5.91 Å². The fourth-order valence-electron chi connectivity index (χ4n) is 4.18. The Kier molecular flexibility index (Phi) is 4.75. The van der Waals surface area contributed by atoms with Crippen molar-refractivity contribution < 1.29 is 18.8 Å². The summed E-state index contributed by atoms with van der Waals surface area (Å²) < 4.78 is 16.7. The van der Waals surface area contributed by atoms with Crippen molar-refractivity contribution >= 4 is 17.2 Å². The number of ether oxygens (including phenoxy) is 2. The summed E-state index contributed by atoms with van der Waals surface area (Å²) in [4.78, 5) is 14.2. The van der Waals surface area contributed by atoms with Crippen LogP contribution < -0.4 is 14.8 Å². The number of fused-ring (bicyclic) bond motifs is 1. The Hall–Kier alpha value is -2.80. The van der Waals surface area contributed by atoms with Crippen LogP contribution in [-0.4, -0.2) is 24.3 Å². The molecule has 1 aliphatic heterocycles. The van der Waals surface area contributed by atoms with E-state index >= 15 is 0 Å². The van der Waals surface area contributed by atoms with Crippen LogP contribution >= 0.6 is 11.3 Å². The van der Waals surface area contributed by atoms with E-state index in [1.807, 2.05) is 35.7 Å². The molecule has 150 valence electrons. The average molecular weight is 410 g/mol. The Bertz CT molecular complexity index is 1010. The first kappa shape index (κ1) is 18.2. The predicted octanol–water partition coefficient (Wildman–Crippen LogP) is 4.30. The second kappa shape index (κ2) is 7.55. The molecule has 3 aromatic rings. The molecule has 29 heavy (non-hydrogen) atoms. The minimum absolute atomic E-state index is 0.0846. The zero-order chi connectivity index (χ0) is 19.7. The summed E-state index contributed by atoms with van der Waals surface area (Å²) in [5.41, 5.74) is 1.17. The van der Waals surface area contributed by atoms with E-state index in [1.165, 1.54) is 0 Å². The Labute approximate surface area is 172 Å². The molecule has 6 nitrogen and oxygen atoms in total. The van der Waals surface area contributed by atoms with Crippen LogP contribution in [-0.2, 0) is 16.8 Å². The van der Waals surface area contributed by atoms with E-state index in [9.17, 15) is 4.79 Å². The molecule has 1 fully saturated rings. The van der Waals surface area contributed by atoms with Crippen molar-refractivity contribution in [3.63, 3.8) is 0 Å². The summed E-state index contributed by atoms with van der Waals surface area (Å²) in [6, 6.07) is 11.6. The molecule has 5 rings (SSSR count). The topological polar surface area (TPSA) is 73.6 Å². The molecule has 1 amide bonds. The van der Waals surface area contributed by atoms with Gasteiger partial charge in [-0.15, -0.1) is 11.3 Å². The molecule has 1 N–H and O–H groups in total. The van der Waals surface area contributed by atoms with Gasteiger partial charge in [-0.1, -0.05) is 24.1 Å². The normalized spacial score (nSPS) is 17.2. The zero-order valence-corrected chi connectivity index (χ0v) is 16.8. The van der Waals surface area contributed by atoms with Gasteiger partial charge in [0.2, 0.25) is 5.91 Å². The fraction of sp³-hybridized carbons (Fsp3) is 0.364. The molecule has 0 spiro atoms. The number of carbonyl (C=O) groups is 1. The van der Waals surface area contributed by atoms with Gasteiger partial charge in [0.1, 0.15) is 18.9 Å². The van der Waals surface area contributed by atoms with Crippen molar-refractivity contribution in [2.75, 3.05) is 13.2 Å². The minimum Gasteiger partial charge on any atom is -0.486 e. The first-order valence-corrected chi connectivity index (χ1v) is 10.8. The van der Waals surface area contributed by atoms with Crippen LogP contribution in [0.1, 0.15) is 36.3 Å². The predicted molar refractivity (Wildman–Crippen MR) is 109 cm³/mol. The van der Waals surface area contributed by atoms with Crippen molar-refractivity contribution in [3.8, 4) is 22.8 Å². The molecule has 7 heteroatoms. The summed E-state index contributed by atoms with van der Waals surface area (Å²) in [6.45, 7) is 1.45. The highest BCUT2D eigenvalue weighted by molar-refractivity contribution is 7.10. The Morgan fingerprint density at radius 3 is 2.72 bits per heavy atom. The average Bonchev–Trinajstić information content (AvgIpc) is 3.53. The third kappa shape index (κ3) is 3.40. The highest BCUT2D eigenvalue weighted by atomic mass is 32.1. The number of carbonyl (C=O) groups excluding carboxylic acids is 1. The highest BCUT2D eigenvalue weighted by Crippen LogP contribution is 2.43. The smallest absolute Gasteiger partial charge is 0.231 e. The molecule has 0 bridgehead atoms. The van der Waals surface area contributed by atoms with Gasteiger partial charge >= 0.3 is 0 Å². The number of benzene rings is 1. The van der Waals surface area contributed by atoms with Crippen LogP contribution in [0.3, 0.4) is 0 Å². The molecular formula is C22H22N2O4S. The second-order valence-corrected chi connectivity index (χ2v) is 8.44. The van der Waals surface area contributed by atoms with Crippen molar-refractivity contribution in [1.82, 2.24) is 10.5 Å². The van der Waals surface area contributed by atoms with Crippen molar-refractivity contribution in [3.05, 3.63) is 52.3 Å². The van der Waals surface area contributed by atoms with Gasteiger partial charge in [0.05, 0.1) is 12.0 Å². The molecule has 0 atom stereocenters. The zero-order valence-electron chi connectivity index (χ0n) is 16.0. The molecule has 1 saturated carbocycles. The van der Waals surface area contributed by atoms with Crippen LogP contribution in [0.2, 0.25) is 0 Å². The van der Waals surface area contributed by atoms with Gasteiger partial charge in [-0.25, -0.2) is 0 Å². The summed E-state index contributed by atoms with van der Waals surface area (Å²) >= 11 is 1.66. The Balaban J connectivity index is 1.29. The number of rotatable bonds is 5. The van der Waals surface area contributed by atoms with Gasteiger partial charge in [-0.3, -0.25) is 4.79 Å². The Morgan fingerprint density at radius 2 is 1.93 bits per heavy atom. The van der Waals surface area contributed by atoms with E-state index < -0.39 is 5.41 Å². The Morgan fingerprint density at radius 1 is 1.10 bits per heavy atom. The van der Waals surface area contributed by atoms with Gasteiger partial charge in [0.15, 0.2) is 17.3 Å². The molecule has 1 aromatic carbocycles.